The Labute approximate surface area is 116 Å². The Morgan fingerprint density at radius 2 is 2.16 bits per heavy atom. The average Bonchev–Trinajstić information content (AvgIpc) is 2.30. The third kappa shape index (κ3) is 5.07. The van der Waals surface area contributed by atoms with Crippen LogP contribution >= 0.6 is 15.9 Å². The van der Waals surface area contributed by atoms with Gasteiger partial charge in [-0.25, -0.2) is 0 Å². The minimum absolute atomic E-state index is 0.0766. The van der Waals surface area contributed by atoms with E-state index < -0.39 is 18.3 Å². The summed E-state index contributed by atoms with van der Waals surface area (Å²) >= 11 is 2.94. The van der Waals surface area contributed by atoms with Crippen LogP contribution in [0.2, 0.25) is 0 Å². The second-order valence-electron chi connectivity index (χ2n) is 3.70. The van der Waals surface area contributed by atoms with E-state index in [0.29, 0.717) is 12.1 Å². The lowest BCUT2D eigenvalue weighted by Gasteiger charge is -2.13. The first-order valence-corrected chi connectivity index (χ1v) is 6.14. The number of anilines is 1. The van der Waals surface area contributed by atoms with Gasteiger partial charge in [0.2, 0.25) is 5.91 Å². The van der Waals surface area contributed by atoms with Crippen LogP contribution in [0, 0.1) is 0 Å². The summed E-state index contributed by atoms with van der Waals surface area (Å²) in [6.45, 7) is 1.75. The summed E-state index contributed by atoms with van der Waals surface area (Å²) in [5, 5.41) is 2.49. The van der Waals surface area contributed by atoms with E-state index in [9.17, 15) is 18.0 Å². The maximum atomic E-state index is 12.1. The molecule has 4 nitrogen and oxygen atoms in total. The first-order valence-electron chi connectivity index (χ1n) is 5.34. The Morgan fingerprint density at radius 3 is 2.63 bits per heavy atom. The van der Waals surface area contributed by atoms with Crippen molar-refractivity contribution in [2.45, 2.75) is 25.7 Å². The van der Waals surface area contributed by atoms with Gasteiger partial charge in [-0.15, -0.1) is 13.2 Å². The Kier molecular flexibility index (Phi) is 5.19. The number of halogens is 4. The van der Waals surface area contributed by atoms with E-state index in [1.807, 2.05) is 0 Å². The fourth-order valence-corrected chi connectivity index (χ4v) is 1.67. The molecule has 1 rings (SSSR count). The number of hydrogen-bond donors (Lipinski definition) is 2. The van der Waals surface area contributed by atoms with Crippen molar-refractivity contribution in [2.24, 2.45) is 5.73 Å². The number of nitrogens with two attached hydrogens (primary N) is 1. The summed E-state index contributed by atoms with van der Waals surface area (Å²) < 4.78 is 40.0. The number of carbonyl (C=O) groups excluding carboxylic acids is 1. The van der Waals surface area contributed by atoms with Crippen LogP contribution in [-0.4, -0.2) is 18.3 Å². The van der Waals surface area contributed by atoms with Gasteiger partial charge in [-0.05, 0) is 40.5 Å². The molecule has 1 atom stereocenters. The van der Waals surface area contributed by atoms with Gasteiger partial charge in [0.05, 0.1) is 10.5 Å². The summed E-state index contributed by atoms with van der Waals surface area (Å²) in [4.78, 5) is 11.5. The van der Waals surface area contributed by atoms with Crippen molar-refractivity contribution in [3.63, 3.8) is 0 Å². The second-order valence-corrected chi connectivity index (χ2v) is 4.55. The maximum absolute atomic E-state index is 12.1. The molecule has 0 aromatic heterocycles. The number of benzene rings is 1. The molecule has 0 aliphatic rings. The molecule has 1 aromatic carbocycles. The monoisotopic (exact) mass is 340 g/mol. The number of carbonyl (C=O) groups is 1. The number of amides is 1. The zero-order valence-corrected chi connectivity index (χ0v) is 11.5. The zero-order chi connectivity index (χ0) is 14.6. The highest BCUT2D eigenvalue weighted by molar-refractivity contribution is 9.10. The summed E-state index contributed by atoms with van der Waals surface area (Å²) in [5.74, 6) is -0.788. The van der Waals surface area contributed by atoms with Crippen LogP contribution in [0.4, 0.5) is 18.9 Å². The standard InChI is InChI=1S/C11H12BrF3N2O2/c1-2-8(16)10(18)17-6-3-4-9(7(12)5-6)19-11(13,14)15/h3-5,8H,2,16H2,1H3,(H,17,18)/t8-/m0/s1. The SMILES string of the molecule is CC[C@H](N)C(=O)Nc1ccc(OC(F)(F)F)c(Br)c1. The molecule has 0 heterocycles. The van der Waals surface area contributed by atoms with Crippen LogP contribution in [0.1, 0.15) is 13.3 Å². The van der Waals surface area contributed by atoms with E-state index in [1.54, 1.807) is 6.92 Å². The molecular formula is C11H12BrF3N2O2. The van der Waals surface area contributed by atoms with Gasteiger partial charge in [0.25, 0.3) is 0 Å². The topological polar surface area (TPSA) is 64.4 Å². The highest BCUT2D eigenvalue weighted by Crippen LogP contribution is 2.32. The van der Waals surface area contributed by atoms with Gasteiger partial charge in [-0.3, -0.25) is 4.79 Å². The molecular weight excluding hydrogens is 329 g/mol. The lowest BCUT2D eigenvalue weighted by atomic mass is 10.2. The molecule has 0 spiro atoms. The minimum Gasteiger partial charge on any atom is -0.405 e. The molecule has 0 fully saturated rings. The van der Waals surface area contributed by atoms with Gasteiger partial charge in [0, 0.05) is 5.69 Å². The molecule has 106 valence electrons. The van der Waals surface area contributed by atoms with Crippen molar-refractivity contribution in [2.75, 3.05) is 5.32 Å². The largest absolute Gasteiger partial charge is 0.573 e. The predicted molar refractivity (Wildman–Crippen MR) is 67.7 cm³/mol. The smallest absolute Gasteiger partial charge is 0.405 e. The Hall–Kier alpha value is -1.28. The molecule has 8 heteroatoms. The molecule has 3 N–H and O–H groups in total. The Balaban J connectivity index is 2.80. The van der Waals surface area contributed by atoms with Crippen LogP contribution in [0.15, 0.2) is 22.7 Å². The quantitative estimate of drug-likeness (QED) is 0.885. The highest BCUT2D eigenvalue weighted by Gasteiger charge is 2.32. The lowest BCUT2D eigenvalue weighted by Crippen LogP contribution is -2.34. The average molecular weight is 341 g/mol. The Bertz CT molecular complexity index is 466. The molecule has 1 aromatic rings. The van der Waals surface area contributed by atoms with Crippen molar-refractivity contribution in [1.29, 1.82) is 0 Å². The van der Waals surface area contributed by atoms with Gasteiger partial charge in [-0.2, -0.15) is 0 Å². The minimum atomic E-state index is -4.77. The van der Waals surface area contributed by atoms with Gasteiger partial charge in [0.1, 0.15) is 5.75 Å². The predicted octanol–water partition coefficient (Wildman–Crippen LogP) is 3.02. The van der Waals surface area contributed by atoms with Gasteiger partial charge in [-0.1, -0.05) is 6.92 Å². The van der Waals surface area contributed by atoms with Gasteiger partial charge >= 0.3 is 6.36 Å². The van der Waals surface area contributed by atoms with Crippen LogP contribution in [0.3, 0.4) is 0 Å². The first-order chi connectivity index (χ1) is 8.73. The third-order valence-corrected chi connectivity index (χ3v) is 2.82. The summed E-state index contributed by atoms with van der Waals surface area (Å²) in [6.07, 6.45) is -4.31. The fourth-order valence-electron chi connectivity index (χ4n) is 1.21. The summed E-state index contributed by atoms with van der Waals surface area (Å²) in [6, 6.07) is 3.04. The maximum Gasteiger partial charge on any atom is 0.573 e. The van der Waals surface area contributed by atoms with Crippen molar-refractivity contribution in [3.8, 4) is 5.75 Å². The number of rotatable bonds is 4. The molecule has 19 heavy (non-hydrogen) atoms. The van der Waals surface area contributed by atoms with Crippen LogP contribution in [-0.2, 0) is 4.79 Å². The Morgan fingerprint density at radius 1 is 1.53 bits per heavy atom. The van der Waals surface area contributed by atoms with E-state index in [1.165, 1.54) is 12.1 Å². The molecule has 0 aliphatic carbocycles. The van der Waals surface area contributed by atoms with Crippen molar-refractivity contribution < 1.29 is 22.7 Å². The van der Waals surface area contributed by atoms with Crippen molar-refractivity contribution in [1.82, 2.24) is 0 Å². The molecule has 0 unspecified atom stereocenters. The van der Waals surface area contributed by atoms with E-state index in [0.717, 1.165) is 6.07 Å². The van der Waals surface area contributed by atoms with Crippen LogP contribution < -0.4 is 15.8 Å². The molecule has 0 saturated heterocycles. The van der Waals surface area contributed by atoms with Gasteiger partial charge < -0.3 is 15.8 Å². The normalized spacial score (nSPS) is 12.9. The zero-order valence-electron chi connectivity index (χ0n) is 9.92. The summed E-state index contributed by atoms with van der Waals surface area (Å²) in [5.41, 5.74) is 5.85. The number of nitrogens with one attached hydrogen (secondary N) is 1. The third-order valence-electron chi connectivity index (χ3n) is 2.20. The molecule has 0 aliphatic heterocycles. The van der Waals surface area contributed by atoms with Gasteiger partial charge in [0.15, 0.2) is 0 Å². The van der Waals surface area contributed by atoms with E-state index in [4.69, 9.17) is 5.73 Å². The van der Waals surface area contributed by atoms with E-state index >= 15 is 0 Å². The first kappa shape index (κ1) is 15.8. The second kappa shape index (κ2) is 6.25. The number of ether oxygens (including phenoxy) is 1. The molecule has 1 amide bonds. The number of alkyl halides is 3. The highest BCUT2D eigenvalue weighted by atomic mass is 79.9. The molecule has 0 bridgehead atoms. The molecule has 0 saturated carbocycles. The van der Waals surface area contributed by atoms with Crippen LogP contribution in [0.5, 0.6) is 5.75 Å². The summed E-state index contributed by atoms with van der Waals surface area (Å²) in [7, 11) is 0. The van der Waals surface area contributed by atoms with Crippen molar-refractivity contribution in [3.05, 3.63) is 22.7 Å². The fraction of sp³-hybridized carbons (Fsp3) is 0.364. The lowest BCUT2D eigenvalue weighted by molar-refractivity contribution is -0.274. The van der Waals surface area contributed by atoms with Crippen LogP contribution in [0.25, 0.3) is 0 Å². The van der Waals surface area contributed by atoms with Crippen molar-refractivity contribution >= 4 is 27.5 Å². The van der Waals surface area contributed by atoms with E-state index in [2.05, 4.69) is 26.0 Å². The number of hydrogen-bond acceptors (Lipinski definition) is 3. The van der Waals surface area contributed by atoms with E-state index in [-0.39, 0.29) is 10.2 Å². The molecule has 0 radical (unpaired) electrons.